The minimum absolute atomic E-state index is 0.0248. The van der Waals surface area contributed by atoms with Gasteiger partial charge in [0.1, 0.15) is 29.9 Å². The van der Waals surface area contributed by atoms with Crippen molar-refractivity contribution in [2.45, 2.75) is 56.8 Å². The number of aromatic nitrogens is 4. The summed E-state index contributed by atoms with van der Waals surface area (Å²) in [5.41, 5.74) is 0.726. The molecule has 2 fully saturated rings. The van der Waals surface area contributed by atoms with Crippen molar-refractivity contribution >= 4 is 34.0 Å². The van der Waals surface area contributed by atoms with Gasteiger partial charge in [-0.3, -0.25) is 10.3 Å². The van der Waals surface area contributed by atoms with Crippen molar-refractivity contribution in [2.75, 3.05) is 18.7 Å². The Morgan fingerprint density at radius 2 is 1.85 bits per heavy atom. The third kappa shape index (κ3) is 4.51. The zero-order chi connectivity index (χ0) is 22.9. The molecule has 2 saturated heterocycles. The van der Waals surface area contributed by atoms with Crippen molar-refractivity contribution in [3.05, 3.63) is 29.5 Å². The van der Waals surface area contributed by atoms with Gasteiger partial charge in [0.25, 0.3) is 0 Å². The van der Waals surface area contributed by atoms with E-state index in [1.165, 1.54) is 11.3 Å². The van der Waals surface area contributed by atoms with Crippen LogP contribution in [0.2, 0.25) is 0 Å². The highest BCUT2D eigenvalue weighted by Crippen LogP contribution is 2.36. The number of aryl methyl sites for hydroxylation is 1. The third-order valence-electron chi connectivity index (χ3n) is 6.39. The molecule has 1 unspecified atom stereocenters. The highest BCUT2D eigenvalue weighted by Gasteiger charge is 2.43. The largest absolute Gasteiger partial charge is 0.323 e. The second kappa shape index (κ2) is 9.22. The van der Waals surface area contributed by atoms with Crippen LogP contribution in [0.1, 0.15) is 30.7 Å². The molecule has 2 amide bonds. The average Bonchev–Trinajstić information content (AvgIpc) is 3.37. The number of rotatable bonds is 6. The molecule has 3 aromatic heterocycles. The number of hydrogen-bond donors (Lipinski definition) is 2. The number of nitrogens with one attached hydrogen (secondary N) is 2. The third-order valence-corrected chi connectivity index (χ3v) is 7.26. The first-order valence-electron chi connectivity index (χ1n) is 11.1. The van der Waals surface area contributed by atoms with Gasteiger partial charge in [-0.05, 0) is 50.1 Å². The van der Waals surface area contributed by atoms with E-state index in [-0.39, 0.29) is 24.2 Å². The number of nitrogens with zero attached hydrogens (tertiary/aromatic N) is 5. The number of carbonyl (C=O) groups is 1. The number of amides is 2. The standard InChI is InChI=1S/C22H25F2N7OS/c1-12-29-30-21(33-12)19-4-13-5-20(26-11-14(13)10-25-19)28-22(32)31-17-2-3-18(31)7-15(6-17)27-16(8-23)9-24/h4-5,10-11,15-18,27H,2-3,6-9H2,1H3,(H,26,28,32)/t15?,17-,18+. The second-order valence-corrected chi connectivity index (χ2v) is 9.86. The summed E-state index contributed by atoms with van der Waals surface area (Å²) in [6.45, 7) is 0.443. The van der Waals surface area contributed by atoms with Crippen molar-refractivity contribution < 1.29 is 13.6 Å². The van der Waals surface area contributed by atoms with E-state index in [0.717, 1.165) is 39.3 Å². The van der Waals surface area contributed by atoms with E-state index < -0.39 is 19.4 Å². The molecule has 0 aliphatic carbocycles. The molecule has 11 heteroatoms. The van der Waals surface area contributed by atoms with Gasteiger partial charge in [-0.25, -0.2) is 18.6 Å². The Labute approximate surface area is 193 Å². The summed E-state index contributed by atoms with van der Waals surface area (Å²) in [6.07, 6.45) is 6.61. The summed E-state index contributed by atoms with van der Waals surface area (Å²) in [5, 5.41) is 17.6. The molecule has 3 aromatic rings. The summed E-state index contributed by atoms with van der Waals surface area (Å²) in [7, 11) is 0. The van der Waals surface area contributed by atoms with Gasteiger partial charge in [0.05, 0.1) is 6.04 Å². The number of alkyl halides is 2. The molecule has 0 spiro atoms. The zero-order valence-electron chi connectivity index (χ0n) is 18.2. The Morgan fingerprint density at radius 3 is 2.52 bits per heavy atom. The smallest absolute Gasteiger partial charge is 0.318 e. The van der Waals surface area contributed by atoms with Gasteiger partial charge in [-0.1, -0.05) is 11.3 Å². The minimum Gasteiger partial charge on any atom is -0.318 e. The second-order valence-electron chi connectivity index (χ2n) is 8.68. The van der Waals surface area contributed by atoms with Crippen LogP contribution in [0.25, 0.3) is 21.5 Å². The van der Waals surface area contributed by atoms with Crippen LogP contribution >= 0.6 is 11.3 Å². The van der Waals surface area contributed by atoms with Crippen LogP contribution in [0, 0.1) is 6.92 Å². The Kier molecular flexibility index (Phi) is 6.15. The van der Waals surface area contributed by atoms with Crippen LogP contribution in [-0.4, -0.2) is 68.6 Å². The van der Waals surface area contributed by atoms with Crippen LogP contribution in [0.15, 0.2) is 24.5 Å². The van der Waals surface area contributed by atoms with E-state index in [9.17, 15) is 13.6 Å². The fourth-order valence-electron chi connectivity index (χ4n) is 4.91. The van der Waals surface area contributed by atoms with Gasteiger partial charge in [-0.15, -0.1) is 10.2 Å². The summed E-state index contributed by atoms with van der Waals surface area (Å²) >= 11 is 1.47. The number of anilines is 1. The lowest BCUT2D eigenvalue weighted by Gasteiger charge is -2.39. The molecule has 2 bridgehead atoms. The van der Waals surface area contributed by atoms with Crippen LogP contribution in [0.5, 0.6) is 0 Å². The summed E-state index contributed by atoms with van der Waals surface area (Å²) in [5.74, 6) is 0.465. The Morgan fingerprint density at radius 1 is 1.12 bits per heavy atom. The normalized spacial score (nSPS) is 22.3. The van der Waals surface area contributed by atoms with E-state index in [4.69, 9.17) is 0 Å². The fourth-order valence-corrected chi connectivity index (χ4v) is 5.57. The Bertz CT molecular complexity index is 1140. The maximum Gasteiger partial charge on any atom is 0.323 e. The van der Waals surface area contributed by atoms with Crippen LogP contribution < -0.4 is 10.6 Å². The number of piperidine rings is 1. The van der Waals surface area contributed by atoms with Crippen molar-refractivity contribution in [1.29, 1.82) is 0 Å². The molecule has 0 aromatic carbocycles. The molecule has 3 atom stereocenters. The predicted octanol–water partition coefficient (Wildman–Crippen LogP) is 3.88. The van der Waals surface area contributed by atoms with E-state index in [1.807, 2.05) is 24.0 Å². The molecule has 8 nitrogen and oxygen atoms in total. The van der Waals surface area contributed by atoms with Crippen molar-refractivity contribution in [3.8, 4) is 10.7 Å². The first-order valence-corrected chi connectivity index (χ1v) is 11.9. The number of carbonyl (C=O) groups excluding carboxylic acids is 1. The summed E-state index contributed by atoms with van der Waals surface area (Å²) < 4.78 is 25.8. The van der Waals surface area contributed by atoms with Crippen LogP contribution in [0.4, 0.5) is 19.4 Å². The monoisotopic (exact) mass is 473 g/mol. The quantitative estimate of drug-likeness (QED) is 0.564. The maximum atomic E-state index is 13.1. The van der Waals surface area contributed by atoms with Gasteiger partial charge in [0.2, 0.25) is 0 Å². The highest BCUT2D eigenvalue weighted by molar-refractivity contribution is 7.14. The predicted molar refractivity (Wildman–Crippen MR) is 123 cm³/mol. The van der Waals surface area contributed by atoms with Gasteiger partial charge >= 0.3 is 6.03 Å². The molecule has 33 heavy (non-hydrogen) atoms. The topological polar surface area (TPSA) is 95.9 Å². The number of pyridine rings is 2. The Balaban J connectivity index is 1.29. The average molecular weight is 474 g/mol. The molecule has 2 N–H and O–H groups in total. The van der Waals surface area contributed by atoms with Gasteiger partial charge in [0.15, 0.2) is 5.01 Å². The molecule has 2 aliphatic rings. The minimum atomic E-state index is -0.764. The number of hydrogen-bond acceptors (Lipinski definition) is 7. The molecule has 174 valence electrons. The van der Waals surface area contributed by atoms with Crippen LogP contribution in [0.3, 0.4) is 0 Å². The number of fused-ring (bicyclic) bond motifs is 3. The van der Waals surface area contributed by atoms with E-state index in [0.29, 0.717) is 18.7 Å². The Hall–Kier alpha value is -2.79. The SMILES string of the molecule is Cc1nnc(-c2cc3cc(NC(=O)N4[C@@H]5CC[C@H]4CC(NC(CF)CF)C5)ncc3cn2)s1. The lowest BCUT2D eigenvalue weighted by molar-refractivity contribution is 0.133. The van der Waals surface area contributed by atoms with Crippen molar-refractivity contribution in [3.63, 3.8) is 0 Å². The fraction of sp³-hybridized carbons (Fsp3) is 0.500. The molecule has 5 heterocycles. The van der Waals surface area contributed by atoms with E-state index >= 15 is 0 Å². The molecular weight excluding hydrogens is 448 g/mol. The molecule has 2 aliphatic heterocycles. The number of halogens is 2. The maximum absolute atomic E-state index is 13.1. The first-order chi connectivity index (χ1) is 16.0. The van der Waals surface area contributed by atoms with Crippen molar-refractivity contribution in [1.82, 2.24) is 30.4 Å². The lowest BCUT2D eigenvalue weighted by atomic mass is 9.97. The summed E-state index contributed by atoms with van der Waals surface area (Å²) in [4.78, 5) is 23.8. The van der Waals surface area contributed by atoms with Gasteiger partial charge in [0, 0.05) is 35.9 Å². The zero-order valence-corrected chi connectivity index (χ0v) is 19.0. The van der Waals surface area contributed by atoms with Crippen LogP contribution in [-0.2, 0) is 0 Å². The highest BCUT2D eigenvalue weighted by atomic mass is 32.1. The molecule has 5 rings (SSSR count). The van der Waals surface area contributed by atoms with Crippen molar-refractivity contribution in [2.24, 2.45) is 0 Å². The lowest BCUT2D eigenvalue weighted by Crippen LogP contribution is -2.54. The number of urea groups is 1. The molecular formula is C22H25F2N7OS. The first kappa shape index (κ1) is 22.0. The van der Waals surface area contributed by atoms with E-state index in [2.05, 4.69) is 30.8 Å². The molecule has 0 saturated carbocycles. The summed E-state index contributed by atoms with van der Waals surface area (Å²) in [6, 6.07) is 2.93. The van der Waals surface area contributed by atoms with Gasteiger partial charge in [-0.2, -0.15) is 0 Å². The van der Waals surface area contributed by atoms with Gasteiger partial charge < -0.3 is 10.2 Å². The molecule has 0 radical (unpaired) electrons. The van der Waals surface area contributed by atoms with E-state index in [1.54, 1.807) is 12.4 Å².